The molecule has 1 aromatic heterocycles. The van der Waals surface area contributed by atoms with Gasteiger partial charge in [0.15, 0.2) is 0 Å². The lowest BCUT2D eigenvalue weighted by Crippen LogP contribution is -2.18. The molecule has 0 spiro atoms. The minimum absolute atomic E-state index is 0.00732. The minimum atomic E-state index is -0.188. The zero-order valence-electron chi connectivity index (χ0n) is 12.8. The summed E-state index contributed by atoms with van der Waals surface area (Å²) < 4.78 is 0. The van der Waals surface area contributed by atoms with Crippen LogP contribution in [0.5, 0.6) is 0 Å². The highest BCUT2D eigenvalue weighted by atomic mass is 16.1. The monoisotopic (exact) mass is 293 g/mol. The number of nitrogens with zero attached hydrogens (tertiary/aromatic N) is 1. The van der Waals surface area contributed by atoms with E-state index in [1.807, 2.05) is 55.5 Å². The highest BCUT2D eigenvalue weighted by Gasteiger charge is 2.15. The van der Waals surface area contributed by atoms with Crippen LogP contribution in [0.15, 0.2) is 48.5 Å². The number of amides is 1. The fourth-order valence-electron chi connectivity index (χ4n) is 2.55. The predicted molar refractivity (Wildman–Crippen MR) is 89.0 cm³/mol. The fraction of sp³-hybridized carbons (Fsp3) is 0.222. The van der Waals surface area contributed by atoms with Gasteiger partial charge < -0.3 is 5.32 Å². The summed E-state index contributed by atoms with van der Waals surface area (Å²) >= 11 is 0. The van der Waals surface area contributed by atoms with E-state index in [0.717, 1.165) is 34.3 Å². The summed E-state index contributed by atoms with van der Waals surface area (Å²) in [6.45, 7) is 3.99. The number of carbonyl (C=O) groups excluding carboxylic acids is 1. The van der Waals surface area contributed by atoms with Gasteiger partial charge in [-0.05, 0) is 37.1 Å². The molecule has 0 aliphatic carbocycles. The molecule has 0 saturated heterocycles. The van der Waals surface area contributed by atoms with Crippen molar-refractivity contribution in [3.63, 3.8) is 0 Å². The third kappa shape index (κ3) is 2.72. The molecule has 0 bridgehead atoms. The first-order valence-corrected chi connectivity index (χ1v) is 7.52. The van der Waals surface area contributed by atoms with Crippen LogP contribution in [0.2, 0.25) is 0 Å². The average Bonchev–Trinajstić information content (AvgIpc) is 2.97. The number of hydrogen-bond donors (Lipinski definition) is 2. The van der Waals surface area contributed by atoms with E-state index >= 15 is 0 Å². The lowest BCUT2D eigenvalue weighted by Gasteiger charge is -2.12. The Balaban J connectivity index is 1.82. The summed E-state index contributed by atoms with van der Waals surface area (Å²) in [4.78, 5) is 12.4. The smallest absolute Gasteiger partial charge is 0.231 e. The van der Waals surface area contributed by atoms with Crippen LogP contribution < -0.4 is 5.32 Å². The zero-order chi connectivity index (χ0) is 15.5. The maximum Gasteiger partial charge on any atom is 0.231 e. The number of benzene rings is 2. The Labute approximate surface area is 129 Å². The lowest BCUT2D eigenvalue weighted by atomic mass is 10.0. The molecule has 3 rings (SSSR count). The van der Waals surface area contributed by atoms with Crippen LogP contribution in [0.3, 0.4) is 0 Å². The number of H-pyrrole nitrogens is 1. The summed E-state index contributed by atoms with van der Waals surface area (Å²) in [6.07, 6.45) is 0.883. The van der Waals surface area contributed by atoms with Crippen molar-refractivity contribution in [3.05, 3.63) is 59.8 Å². The van der Waals surface area contributed by atoms with Crippen molar-refractivity contribution < 1.29 is 4.79 Å². The Morgan fingerprint density at radius 2 is 2.00 bits per heavy atom. The molecule has 3 aromatic rings. The molecule has 0 aliphatic rings. The summed E-state index contributed by atoms with van der Waals surface area (Å²) in [6, 6.07) is 15.6. The van der Waals surface area contributed by atoms with E-state index < -0.39 is 0 Å². The molecule has 0 saturated carbocycles. The Morgan fingerprint density at radius 3 is 2.73 bits per heavy atom. The molecule has 0 aliphatic heterocycles. The van der Waals surface area contributed by atoms with Gasteiger partial charge in [0.1, 0.15) is 0 Å². The second-order valence-corrected chi connectivity index (χ2v) is 5.41. The average molecular weight is 293 g/mol. The summed E-state index contributed by atoms with van der Waals surface area (Å²) in [5, 5.41) is 11.3. The van der Waals surface area contributed by atoms with Crippen molar-refractivity contribution in [2.75, 3.05) is 5.32 Å². The second-order valence-electron chi connectivity index (χ2n) is 5.41. The number of fused-ring (bicyclic) bond motifs is 1. The second kappa shape index (κ2) is 6.02. The van der Waals surface area contributed by atoms with E-state index in [4.69, 9.17) is 0 Å². The molecule has 1 amide bonds. The van der Waals surface area contributed by atoms with Crippen molar-refractivity contribution in [1.29, 1.82) is 0 Å². The maximum absolute atomic E-state index is 12.4. The highest BCUT2D eigenvalue weighted by molar-refractivity contribution is 5.97. The largest absolute Gasteiger partial charge is 0.326 e. The van der Waals surface area contributed by atoms with E-state index in [1.54, 1.807) is 0 Å². The molecular weight excluding hydrogens is 274 g/mol. The Bertz CT molecular complexity index is 792. The molecule has 4 heteroatoms. The Kier molecular flexibility index (Phi) is 3.92. The molecule has 4 nitrogen and oxygen atoms in total. The van der Waals surface area contributed by atoms with E-state index in [1.165, 1.54) is 0 Å². The topological polar surface area (TPSA) is 57.8 Å². The van der Waals surface area contributed by atoms with Crippen molar-refractivity contribution in [1.82, 2.24) is 10.2 Å². The van der Waals surface area contributed by atoms with Crippen LogP contribution >= 0.6 is 0 Å². The molecule has 1 atom stereocenters. The molecule has 112 valence electrons. The van der Waals surface area contributed by atoms with Crippen molar-refractivity contribution >= 4 is 22.5 Å². The number of anilines is 1. The van der Waals surface area contributed by atoms with E-state index in [9.17, 15) is 4.79 Å². The quantitative estimate of drug-likeness (QED) is 0.767. The first-order valence-electron chi connectivity index (χ1n) is 7.52. The van der Waals surface area contributed by atoms with Crippen LogP contribution in [-0.2, 0) is 11.2 Å². The van der Waals surface area contributed by atoms with Gasteiger partial charge in [-0.25, -0.2) is 0 Å². The van der Waals surface area contributed by atoms with Gasteiger partial charge in [-0.3, -0.25) is 9.89 Å². The van der Waals surface area contributed by atoms with Gasteiger partial charge in [0.2, 0.25) is 5.91 Å². The van der Waals surface area contributed by atoms with E-state index in [0.29, 0.717) is 0 Å². The Morgan fingerprint density at radius 1 is 1.23 bits per heavy atom. The van der Waals surface area contributed by atoms with Crippen LogP contribution in [0.1, 0.15) is 31.0 Å². The molecular formula is C18H19N3O. The number of aromatic nitrogens is 2. The third-order valence-electron chi connectivity index (χ3n) is 3.95. The van der Waals surface area contributed by atoms with E-state index in [2.05, 4.69) is 22.4 Å². The van der Waals surface area contributed by atoms with Crippen LogP contribution in [0.25, 0.3) is 10.9 Å². The van der Waals surface area contributed by atoms with Gasteiger partial charge >= 0.3 is 0 Å². The van der Waals surface area contributed by atoms with Crippen molar-refractivity contribution in [3.8, 4) is 0 Å². The van der Waals surface area contributed by atoms with Crippen molar-refractivity contribution in [2.24, 2.45) is 0 Å². The first-order chi connectivity index (χ1) is 10.7. The van der Waals surface area contributed by atoms with E-state index in [-0.39, 0.29) is 11.8 Å². The number of carbonyl (C=O) groups is 1. The molecule has 1 unspecified atom stereocenters. The third-order valence-corrected chi connectivity index (χ3v) is 3.95. The Hall–Kier alpha value is -2.62. The molecule has 2 aromatic carbocycles. The zero-order valence-corrected chi connectivity index (χ0v) is 12.8. The summed E-state index contributed by atoms with van der Waals surface area (Å²) in [7, 11) is 0. The van der Waals surface area contributed by atoms with Crippen molar-refractivity contribution in [2.45, 2.75) is 26.2 Å². The molecule has 0 radical (unpaired) electrons. The van der Waals surface area contributed by atoms with Gasteiger partial charge in [0.25, 0.3) is 0 Å². The van der Waals surface area contributed by atoms with Gasteiger partial charge in [-0.2, -0.15) is 5.10 Å². The number of nitrogens with one attached hydrogen (secondary N) is 2. The minimum Gasteiger partial charge on any atom is -0.326 e. The first kappa shape index (κ1) is 14.3. The number of aromatic amines is 1. The number of hydrogen-bond acceptors (Lipinski definition) is 2. The normalized spacial score (nSPS) is 12.3. The number of rotatable bonds is 4. The fourth-order valence-corrected chi connectivity index (χ4v) is 2.55. The SMILES string of the molecule is CCc1[nH]nc2ccc(NC(=O)C(C)c3ccccc3)cc12. The van der Waals surface area contributed by atoms with Crippen LogP contribution in [-0.4, -0.2) is 16.1 Å². The highest BCUT2D eigenvalue weighted by Crippen LogP contribution is 2.23. The number of aryl methyl sites for hydroxylation is 1. The van der Waals surface area contributed by atoms with Gasteiger partial charge in [-0.1, -0.05) is 37.3 Å². The molecule has 0 fully saturated rings. The van der Waals surface area contributed by atoms with Gasteiger partial charge in [0.05, 0.1) is 11.4 Å². The molecule has 1 heterocycles. The lowest BCUT2D eigenvalue weighted by molar-refractivity contribution is -0.117. The van der Waals surface area contributed by atoms with Gasteiger partial charge in [-0.15, -0.1) is 0 Å². The molecule has 22 heavy (non-hydrogen) atoms. The summed E-state index contributed by atoms with van der Waals surface area (Å²) in [5.74, 6) is -0.195. The maximum atomic E-state index is 12.4. The van der Waals surface area contributed by atoms with Crippen LogP contribution in [0.4, 0.5) is 5.69 Å². The summed E-state index contributed by atoms with van der Waals surface area (Å²) in [5.41, 5.74) is 3.82. The standard InChI is InChI=1S/C18H19N3O/c1-3-16-15-11-14(9-10-17(15)21-20-16)19-18(22)12(2)13-7-5-4-6-8-13/h4-12H,3H2,1-2H3,(H,19,22)(H,20,21). The van der Waals surface area contributed by atoms with Gasteiger partial charge in [0, 0.05) is 16.8 Å². The van der Waals surface area contributed by atoms with Crippen LogP contribution in [0, 0.1) is 0 Å². The molecule has 2 N–H and O–H groups in total. The predicted octanol–water partition coefficient (Wildman–Crippen LogP) is 3.87.